The summed E-state index contributed by atoms with van der Waals surface area (Å²) >= 11 is 0. The van der Waals surface area contributed by atoms with E-state index in [1.54, 1.807) is 12.1 Å². The molecule has 2 N–H and O–H groups in total. The topological polar surface area (TPSA) is 109 Å². The molecular weight excluding hydrogens is 408 g/mol. The summed E-state index contributed by atoms with van der Waals surface area (Å²) in [5.74, 6) is 0.556. The van der Waals surface area contributed by atoms with Gasteiger partial charge in [-0.2, -0.15) is 4.98 Å². The molecule has 2 aromatic carbocycles. The highest BCUT2D eigenvalue weighted by atomic mass is 16.5. The molecule has 1 aliphatic carbocycles. The molecule has 2 amide bonds. The minimum Gasteiger partial charge on any atom is -0.478 e. The highest BCUT2D eigenvalue weighted by molar-refractivity contribution is 5.88. The van der Waals surface area contributed by atoms with Gasteiger partial charge in [-0.15, -0.1) is 0 Å². The Bertz CT molecular complexity index is 1100. The van der Waals surface area contributed by atoms with E-state index in [2.05, 4.69) is 27.6 Å². The van der Waals surface area contributed by atoms with Crippen molar-refractivity contribution in [3.63, 3.8) is 0 Å². The molecule has 0 bridgehead atoms. The van der Waals surface area contributed by atoms with E-state index in [1.165, 1.54) is 17.7 Å². The summed E-state index contributed by atoms with van der Waals surface area (Å²) in [7, 11) is 0. The molecule has 2 heterocycles. The second kappa shape index (κ2) is 8.45. The van der Waals surface area contributed by atoms with Crippen molar-refractivity contribution in [2.24, 2.45) is 0 Å². The minimum absolute atomic E-state index is 0.00313. The van der Waals surface area contributed by atoms with Crippen LogP contribution < -0.4 is 5.32 Å². The SMILES string of the molecule is O=C(O)c1ccc(-c2noc(C3CCN(C(=O)N[C@@H]4C[C@H]4c4ccccc4)CC3)n2)cc1. The lowest BCUT2D eigenvalue weighted by molar-refractivity contribution is 0.0697. The van der Waals surface area contributed by atoms with Crippen molar-refractivity contribution in [2.75, 3.05) is 13.1 Å². The maximum Gasteiger partial charge on any atom is 0.335 e. The summed E-state index contributed by atoms with van der Waals surface area (Å²) in [4.78, 5) is 30.0. The van der Waals surface area contributed by atoms with E-state index in [4.69, 9.17) is 9.63 Å². The number of rotatable bonds is 5. The van der Waals surface area contributed by atoms with Gasteiger partial charge in [0.25, 0.3) is 0 Å². The van der Waals surface area contributed by atoms with Crippen molar-refractivity contribution < 1.29 is 19.2 Å². The van der Waals surface area contributed by atoms with Crippen LogP contribution in [0.3, 0.4) is 0 Å². The van der Waals surface area contributed by atoms with Crippen LogP contribution in [0.25, 0.3) is 11.4 Å². The Morgan fingerprint density at radius 3 is 2.44 bits per heavy atom. The van der Waals surface area contributed by atoms with Crippen LogP contribution in [-0.4, -0.2) is 51.3 Å². The number of benzene rings is 2. The third-order valence-electron chi connectivity index (χ3n) is 6.29. The van der Waals surface area contributed by atoms with Crippen molar-refractivity contribution in [1.29, 1.82) is 0 Å². The Kier molecular flexibility index (Phi) is 5.34. The molecule has 2 fully saturated rings. The van der Waals surface area contributed by atoms with E-state index in [0.717, 1.165) is 19.3 Å². The molecule has 2 atom stereocenters. The lowest BCUT2D eigenvalue weighted by Crippen LogP contribution is -2.45. The predicted molar refractivity (Wildman–Crippen MR) is 116 cm³/mol. The third-order valence-corrected chi connectivity index (χ3v) is 6.29. The van der Waals surface area contributed by atoms with Gasteiger partial charge in [0.15, 0.2) is 0 Å². The number of hydrogen-bond donors (Lipinski definition) is 2. The first-order chi connectivity index (χ1) is 15.6. The number of carboxylic acids is 1. The summed E-state index contributed by atoms with van der Waals surface area (Å²) in [5.41, 5.74) is 2.20. The van der Waals surface area contributed by atoms with E-state index in [1.807, 2.05) is 23.1 Å². The zero-order chi connectivity index (χ0) is 22.1. The predicted octanol–water partition coefficient (Wildman–Crippen LogP) is 3.88. The van der Waals surface area contributed by atoms with E-state index < -0.39 is 5.97 Å². The lowest BCUT2D eigenvalue weighted by Gasteiger charge is -2.30. The summed E-state index contributed by atoms with van der Waals surface area (Å²) in [6, 6.07) is 16.9. The van der Waals surface area contributed by atoms with Crippen molar-refractivity contribution in [1.82, 2.24) is 20.4 Å². The monoisotopic (exact) mass is 432 g/mol. The Morgan fingerprint density at radius 2 is 1.75 bits per heavy atom. The van der Waals surface area contributed by atoms with Crippen molar-refractivity contribution in [3.8, 4) is 11.4 Å². The highest BCUT2D eigenvalue weighted by Crippen LogP contribution is 2.40. The summed E-state index contributed by atoms with van der Waals surface area (Å²) in [5, 5.41) is 16.2. The second-order valence-corrected chi connectivity index (χ2v) is 8.41. The molecule has 1 saturated carbocycles. The number of piperidine rings is 1. The number of aromatic carboxylic acids is 1. The fourth-order valence-electron chi connectivity index (χ4n) is 4.28. The van der Waals surface area contributed by atoms with Crippen LogP contribution in [0.5, 0.6) is 0 Å². The lowest BCUT2D eigenvalue weighted by atomic mass is 9.97. The Hall–Kier alpha value is -3.68. The van der Waals surface area contributed by atoms with E-state index in [9.17, 15) is 9.59 Å². The van der Waals surface area contributed by atoms with Gasteiger partial charge in [-0.05, 0) is 37.0 Å². The Labute approximate surface area is 185 Å². The van der Waals surface area contributed by atoms with Gasteiger partial charge in [0.2, 0.25) is 11.7 Å². The van der Waals surface area contributed by atoms with E-state index >= 15 is 0 Å². The number of urea groups is 1. The molecule has 5 rings (SSSR count). The molecule has 164 valence electrons. The molecule has 1 aliphatic heterocycles. The fraction of sp³-hybridized carbons (Fsp3) is 0.333. The zero-order valence-electron chi connectivity index (χ0n) is 17.5. The molecule has 1 saturated heterocycles. The fourth-order valence-corrected chi connectivity index (χ4v) is 4.28. The van der Waals surface area contributed by atoms with Crippen LogP contribution in [-0.2, 0) is 0 Å². The van der Waals surface area contributed by atoms with Gasteiger partial charge in [-0.3, -0.25) is 0 Å². The molecule has 0 radical (unpaired) electrons. The van der Waals surface area contributed by atoms with Gasteiger partial charge in [0.1, 0.15) is 0 Å². The Balaban J connectivity index is 1.13. The minimum atomic E-state index is -0.974. The van der Waals surface area contributed by atoms with Crippen LogP contribution >= 0.6 is 0 Å². The van der Waals surface area contributed by atoms with Crippen LogP contribution in [0.2, 0.25) is 0 Å². The number of carbonyl (C=O) groups excluding carboxylic acids is 1. The molecule has 2 aliphatic rings. The molecule has 1 aromatic heterocycles. The third kappa shape index (κ3) is 4.21. The van der Waals surface area contributed by atoms with Crippen LogP contribution in [0, 0.1) is 0 Å². The first-order valence-corrected chi connectivity index (χ1v) is 10.9. The van der Waals surface area contributed by atoms with Gasteiger partial charge < -0.3 is 19.8 Å². The Morgan fingerprint density at radius 1 is 1.03 bits per heavy atom. The summed E-state index contributed by atoms with van der Waals surface area (Å²) in [6.45, 7) is 1.29. The number of carboxylic acid groups (broad SMARTS) is 1. The average Bonchev–Trinajstić information content (AvgIpc) is 3.42. The van der Waals surface area contributed by atoms with Gasteiger partial charge in [-0.1, -0.05) is 47.6 Å². The maximum absolute atomic E-state index is 12.7. The summed E-state index contributed by atoms with van der Waals surface area (Å²) in [6.07, 6.45) is 2.52. The van der Waals surface area contributed by atoms with Crippen LogP contribution in [0.1, 0.15) is 52.9 Å². The number of hydrogen-bond acceptors (Lipinski definition) is 5. The quantitative estimate of drug-likeness (QED) is 0.633. The number of nitrogens with zero attached hydrogens (tertiary/aromatic N) is 3. The number of likely N-dealkylation sites (tertiary alicyclic amines) is 1. The molecule has 0 unspecified atom stereocenters. The highest BCUT2D eigenvalue weighted by Gasteiger charge is 2.40. The summed E-state index contributed by atoms with van der Waals surface area (Å²) < 4.78 is 5.47. The molecule has 0 spiro atoms. The molecule has 8 nitrogen and oxygen atoms in total. The van der Waals surface area contributed by atoms with Crippen molar-refractivity contribution >= 4 is 12.0 Å². The maximum atomic E-state index is 12.7. The van der Waals surface area contributed by atoms with Gasteiger partial charge >= 0.3 is 12.0 Å². The normalized spacial score (nSPS) is 20.7. The van der Waals surface area contributed by atoms with Crippen molar-refractivity contribution in [2.45, 2.75) is 37.1 Å². The van der Waals surface area contributed by atoms with Gasteiger partial charge in [0, 0.05) is 36.5 Å². The van der Waals surface area contributed by atoms with Gasteiger partial charge in [0.05, 0.1) is 5.56 Å². The zero-order valence-corrected chi connectivity index (χ0v) is 17.5. The number of nitrogens with one attached hydrogen (secondary N) is 1. The second-order valence-electron chi connectivity index (χ2n) is 8.41. The first-order valence-electron chi connectivity index (χ1n) is 10.9. The molecule has 32 heavy (non-hydrogen) atoms. The first kappa shape index (κ1) is 20.2. The van der Waals surface area contributed by atoms with Gasteiger partial charge in [-0.25, -0.2) is 9.59 Å². The number of aromatic nitrogens is 2. The average molecular weight is 432 g/mol. The van der Waals surface area contributed by atoms with Crippen LogP contribution in [0.15, 0.2) is 59.1 Å². The number of carbonyl (C=O) groups is 2. The molecule has 3 aromatic rings. The van der Waals surface area contributed by atoms with Crippen LogP contribution in [0.4, 0.5) is 4.79 Å². The molecule has 8 heteroatoms. The standard InChI is InChI=1S/C24H24N4O4/c29-23(30)18-8-6-16(7-9-18)21-26-22(32-27-21)17-10-12-28(13-11-17)24(31)25-20-14-19(20)15-4-2-1-3-5-15/h1-9,17,19-20H,10-14H2,(H,25,31)(H,29,30)/t19-,20+/m0/s1. The van der Waals surface area contributed by atoms with E-state index in [-0.39, 0.29) is 23.6 Å². The number of amides is 2. The van der Waals surface area contributed by atoms with Crippen molar-refractivity contribution in [3.05, 3.63) is 71.6 Å². The molecular formula is C24H24N4O4. The largest absolute Gasteiger partial charge is 0.478 e. The smallest absolute Gasteiger partial charge is 0.335 e. The van der Waals surface area contributed by atoms with E-state index in [0.29, 0.717) is 36.3 Å².